The van der Waals surface area contributed by atoms with Gasteiger partial charge < -0.3 is 19.4 Å². The predicted octanol–water partition coefficient (Wildman–Crippen LogP) is 7.99. The molecule has 6 heteroatoms. The molecule has 0 spiro atoms. The maximum atomic E-state index is 11.8. The Labute approximate surface area is 278 Å². The molecule has 244 valence electrons. The summed E-state index contributed by atoms with van der Waals surface area (Å²) in [7, 11) is 0. The molecular formula is C41H43O6-. The van der Waals surface area contributed by atoms with E-state index in [9.17, 15) is 19.5 Å². The minimum atomic E-state index is -1.19. The van der Waals surface area contributed by atoms with Gasteiger partial charge in [-0.15, -0.1) is 0 Å². The molecule has 0 bridgehead atoms. The van der Waals surface area contributed by atoms with E-state index in [4.69, 9.17) is 9.47 Å². The third kappa shape index (κ3) is 12.1. The van der Waals surface area contributed by atoms with Crippen molar-refractivity contribution in [3.63, 3.8) is 0 Å². The van der Waals surface area contributed by atoms with E-state index in [0.717, 1.165) is 33.8 Å². The molecule has 0 heterocycles. The minimum absolute atomic E-state index is 0.0648. The monoisotopic (exact) mass is 631 g/mol. The second-order valence-corrected chi connectivity index (χ2v) is 11.6. The first-order valence-electron chi connectivity index (χ1n) is 15.0. The molecule has 0 saturated heterocycles. The van der Waals surface area contributed by atoms with E-state index in [0.29, 0.717) is 24.3 Å². The molecule has 0 aliphatic heterocycles. The number of carboxylic acids is 1. The Hall–Kier alpha value is -5.49. The smallest absolute Gasteiger partial charge is 0.233 e. The molecule has 47 heavy (non-hydrogen) atoms. The first-order valence-corrected chi connectivity index (χ1v) is 15.0. The van der Waals surface area contributed by atoms with Gasteiger partial charge in [-0.3, -0.25) is 9.59 Å². The minimum Gasteiger partial charge on any atom is -0.545 e. The molecule has 0 unspecified atom stereocenters. The largest absolute Gasteiger partial charge is 0.545 e. The van der Waals surface area contributed by atoms with E-state index in [1.807, 2.05) is 62.4 Å². The van der Waals surface area contributed by atoms with E-state index >= 15 is 0 Å². The number of benzene rings is 4. The van der Waals surface area contributed by atoms with Crippen molar-refractivity contribution in [1.82, 2.24) is 0 Å². The number of Topliss-reactive ketones (excluding diaryl/α,β-unsaturated/α-hetero) is 2. The Kier molecular flexibility index (Phi) is 14.8. The molecule has 6 nitrogen and oxygen atoms in total. The third-order valence-electron chi connectivity index (χ3n) is 6.70. The van der Waals surface area contributed by atoms with Crippen LogP contribution in [0.15, 0.2) is 146 Å². The van der Waals surface area contributed by atoms with Crippen LogP contribution in [0.3, 0.4) is 0 Å². The van der Waals surface area contributed by atoms with Gasteiger partial charge in [-0.2, -0.15) is 0 Å². The van der Waals surface area contributed by atoms with Gasteiger partial charge in [0.1, 0.15) is 24.7 Å². The van der Waals surface area contributed by atoms with Crippen LogP contribution < -0.4 is 14.6 Å². The molecule has 4 aromatic rings. The van der Waals surface area contributed by atoms with E-state index < -0.39 is 17.5 Å². The average molecular weight is 632 g/mol. The van der Waals surface area contributed by atoms with Crippen molar-refractivity contribution in [3.05, 3.63) is 168 Å². The maximum Gasteiger partial charge on any atom is 0.233 e. The Bertz CT molecular complexity index is 1560. The van der Waals surface area contributed by atoms with Crippen molar-refractivity contribution in [2.24, 2.45) is 0 Å². The lowest BCUT2D eigenvalue weighted by molar-refractivity contribution is -0.299. The van der Waals surface area contributed by atoms with Crippen LogP contribution in [0.25, 0.3) is 0 Å². The van der Waals surface area contributed by atoms with Crippen LogP contribution >= 0.6 is 0 Å². The molecule has 0 aliphatic rings. The van der Waals surface area contributed by atoms with Crippen molar-refractivity contribution in [2.75, 3.05) is 13.2 Å². The molecule has 0 fully saturated rings. The number of hydrogen-bond acceptors (Lipinski definition) is 6. The van der Waals surface area contributed by atoms with Gasteiger partial charge in [0, 0.05) is 27.7 Å². The van der Waals surface area contributed by atoms with Gasteiger partial charge in [0.25, 0.3) is 0 Å². The summed E-state index contributed by atoms with van der Waals surface area (Å²) >= 11 is 0. The number of para-hydroxylation sites is 2. The van der Waals surface area contributed by atoms with Gasteiger partial charge in [0.05, 0.1) is 5.97 Å². The van der Waals surface area contributed by atoms with Gasteiger partial charge in [-0.1, -0.05) is 131 Å². The summed E-state index contributed by atoms with van der Waals surface area (Å²) < 4.78 is 12.0. The number of ether oxygens (including phenoxy) is 2. The van der Waals surface area contributed by atoms with E-state index in [1.54, 1.807) is 48.5 Å². The summed E-state index contributed by atoms with van der Waals surface area (Å²) in [6.07, 6.45) is 0. The molecule has 0 amide bonds. The van der Waals surface area contributed by atoms with Gasteiger partial charge in [-0.25, -0.2) is 0 Å². The lowest BCUT2D eigenvalue weighted by Gasteiger charge is -2.30. The highest BCUT2D eigenvalue weighted by Crippen LogP contribution is 2.41. The second kappa shape index (κ2) is 18.5. The number of ketones is 2. The standard InChI is InChI=1S/C23H28O2.C14H10O2.C4H6O2/c1-17(2)15-24-21-13-9-7-11-19(21)23(5,6)20-12-8-10-14-22(20)25-16-18(3)4;15-13(11-7-3-1-4-8-11)14(16)12-9-5-2-6-10-12;1-3(2)4(5)6/h7-14H,1,3,15-16H2,2,4-6H3;1-10H;1H2,2H3,(H,5,6)/p-1. The summed E-state index contributed by atoms with van der Waals surface area (Å²) in [5.41, 5.74) is 4.90. The first-order chi connectivity index (χ1) is 22.2. The lowest BCUT2D eigenvalue weighted by Crippen LogP contribution is -2.22. The molecule has 0 atom stereocenters. The predicted molar refractivity (Wildman–Crippen MR) is 187 cm³/mol. The Balaban J connectivity index is 0.000000296. The SMILES string of the molecule is C=C(C)C(=O)[O-].C=C(C)COc1ccccc1C(C)(C)c1ccccc1OCC(=C)C.O=C(C(=O)c1ccccc1)c1ccccc1. The van der Waals surface area contributed by atoms with Crippen molar-refractivity contribution >= 4 is 17.5 Å². The summed E-state index contributed by atoms with van der Waals surface area (Å²) in [5.74, 6) is -0.357. The summed E-state index contributed by atoms with van der Waals surface area (Å²) in [6.45, 7) is 21.7. The fourth-order valence-electron chi connectivity index (χ4n) is 4.21. The maximum absolute atomic E-state index is 11.8. The van der Waals surface area contributed by atoms with Crippen molar-refractivity contribution in [3.8, 4) is 11.5 Å². The van der Waals surface area contributed by atoms with Crippen LogP contribution in [-0.2, 0) is 10.2 Å². The number of carbonyl (C=O) groups is 3. The number of hydrogen-bond donors (Lipinski definition) is 0. The van der Waals surface area contributed by atoms with Crippen molar-refractivity contribution in [2.45, 2.75) is 40.0 Å². The number of carbonyl (C=O) groups excluding carboxylic acids is 3. The fourth-order valence-corrected chi connectivity index (χ4v) is 4.21. The Morgan fingerprint density at radius 2 is 0.872 bits per heavy atom. The molecule has 0 saturated carbocycles. The number of aliphatic carboxylic acids is 1. The van der Waals surface area contributed by atoms with Crippen molar-refractivity contribution in [1.29, 1.82) is 0 Å². The number of rotatable bonds is 12. The van der Waals surface area contributed by atoms with Crippen LogP contribution in [-0.4, -0.2) is 30.7 Å². The van der Waals surface area contributed by atoms with E-state index in [-0.39, 0.29) is 11.0 Å². The third-order valence-corrected chi connectivity index (χ3v) is 6.70. The highest BCUT2D eigenvalue weighted by atomic mass is 16.5. The van der Waals surface area contributed by atoms with Crippen molar-refractivity contribution < 1.29 is 29.0 Å². The Morgan fingerprint density at radius 3 is 1.17 bits per heavy atom. The summed E-state index contributed by atoms with van der Waals surface area (Å²) in [5, 5.41) is 9.49. The molecule has 4 aromatic carbocycles. The van der Waals surface area contributed by atoms with E-state index in [2.05, 4.69) is 45.7 Å². The van der Waals surface area contributed by atoms with Crippen LogP contribution in [0, 0.1) is 0 Å². The highest BCUT2D eigenvalue weighted by Gasteiger charge is 2.29. The molecule has 0 N–H and O–H groups in total. The van der Waals surface area contributed by atoms with Gasteiger partial charge in [0.2, 0.25) is 11.6 Å². The zero-order chi connectivity index (χ0) is 35.0. The van der Waals surface area contributed by atoms with Crippen LogP contribution in [0.2, 0.25) is 0 Å². The van der Waals surface area contributed by atoms with Crippen LogP contribution in [0.1, 0.15) is 66.5 Å². The van der Waals surface area contributed by atoms with Crippen LogP contribution in [0.4, 0.5) is 0 Å². The quantitative estimate of drug-likeness (QED) is 0.0681. The highest BCUT2D eigenvalue weighted by molar-refractivity contribution is 6.49. The zero-order valence-corrected chi connectivity index (χ0v) is 27.9. The van der Waals surface area contributed by atoms with E-state index in [1.165, 1.54) is 6.92 Å². The Morgan fingerprint density at radius 1 is 0.574 bits per heavy atom. The number of carboxylic acid groups (broad SMARTS) is 1. The molecule has 0 aromatic heterocycles. The summed E-state index contributed by atoms with van der Waals surface area (Å²) in [4.78, 5) is 33.1. The molecule has 4 rings (SSSR count). The average Bonchev–Trinajstić information content (AvgIpc) is 3.07. The van der Waals surface area contributed by atoms with Crippen LogP contribution in [0.5, 0.6) is 11.5 Å². The van der Waals surface area contributed by atoms with Gasteiger partial charge in [0.15, 0.2) is 0 Å². The topological polar surface area (TPSA) is 92.7 Å². The zero-order valence-electron chi connectivity index (χ0n) is 27.9. The fraction of sp³-hybridized carbons (Fsp3) is 0.195. The second-order valence-electron chi connectivity index (χ2n) is 11.6. The molecule has 0 aliphatic carbocycles. The molecular weight excluding hydrogens is 588 g/mol. The summed E-state index contributed by atoms with van der Waals surface area (Å²) in [6, 6.07) is 33.5. The van der Waals surface area contributed by atoms with Gasteiger partial charge in [-0.05, 0) is 49.6 Å². The lowest BCUT2D eigenvalue weighted by atomic mass is 9.77. The normalized spacial score (nSPS) is 10.1. The van der Waals surface area contributed by atoms with Gasteiger partial charge >= 0.3 is 0 Å². The molecule has 0 radical (unpaired) electrons. The first kappa shape index (κ1) is 37.7.